The van der Waals surface area contributed by atoms with E-state index in [1.54, 1.807) is 6.07 Å². The molecule has 0 aliphatic heterocycles. The van der Waals surface area contributed by atoms with Crippen molar-refractivity contribution in [3.63, 3.8) is 0 Å². The highest BCUT2D eigenvalue weighted by atomic mass is 35.5. The molecule has 1 atom stereocenters. The number of ketones is 1. The van der Waals surface area contributed by atoms with Gasteiger partial charge in [-0.25, -0.2) is 0 Å². The van der Waals surface area contributed by atoms with Crippen molar-refractivity contribution in [2.24, 2.45) is 0 Å². The number of carbonyl (C=O) groups excluding carboxylic acids is 1. The minimum Gasteiger partial charge on any atom is -0.490 e. The van der Waals surface area contributed by atoms with E-state index in [1.165, 1.54) is 0 Å². The summed E-state index contributed by atoms with van der Waals surface area (Å²) >= 11 is 6.16. The largest absolute Gasteiger partial charge is 0.490 e. The van der Waals surface area contributed by atoms with Gasteiger partial charge in [-0.3, -0.25) is 4.79 Å². The molecule has 0 saturated heterocycles. The average molecular weight is 299 g/mol. The highest BCUT2D eigenvalue weighted by Gasteiger charge is 2.18. The van der Waals surface area contributed by atoms with Gasteiger partial charge < -0.3 is 9.47 Å². The third-order valence-corrected chi connectivity index (χ3v) is 3.44. The molecule has 3 nitrogen and oxygen atoms in total. The van der Waals surface area contributed by atoms with E-state index in [0.29, 0.717) is 31.1 Å². The smallest absolute Gasteiger partial charge is 0.161 e. The molecule has 1 unspecified atom stereocenters. The second-order valence-electron chi connectivity index (χ2n) is 4.52. The molecule has 0 aliphatic rings. The Morgan fingerprint density at radius 3 is 2.55 bits per heavy atom. The summed E-state index contributed by atoms with van der Waals surface area (Å²) in [6, 6.07) is 5.46. The third-order valence-electron chi connectivity index (χ3n) is 2.95. The number of rotatable bonds is 9. The summed E-state index contributed by atoms with van der Waals surface area (Å²) in [5, 5.41) is -0.621. The summed E-state index contributed by atoms with van der Waals surface area (Å²) < 4.78 is 11.3. The van der Waals surface area contributed by atoms with Gasteiger partial charge in [0, 0.05) is 6.42 Å². The van der Waals surface area contributed by atoms with Crippen molar-refractivity contribution in [1.82, 2.24) is 0 Å². The fourth-order valence-corrected chi connectivity index (χ4v) is 2.05. The Bertz CT molecular complexity index is 432. The number of hydrogen-bond donors (Lipinski definition) is 0. The van der Waals surface area contributed by atoms with Gasteiger partial charge in [0.05, 0.1) is 13.2 Å². The molecule has 20 heavy (non-hydrogen) atoms. The number of halogens is 1. The Morgan fingerprint density at radius 2 is 1.95 bits per heavy atom. The molecule has 1 aromatic carbocycles. The van der Waals surface area contributed by atoms with Crippen LogP contribution in [0.2, 0.25) is 0 Å². The molecule has 0 saturated carbocycles. The molecule has 0 amide bonds. The molecule has 1 aromatic rings. The maximum absolute atomic E-state index is 11.7. The van der Waals surface area contributed by atoms with Crippen LogP contribution in [0, 0.1) is 0 Å². The Hall–Kier alpha value is -1.22. The Kier molecular flexibility index (Phi) is 7.45. The fourth-order valence-electron chi connectivity index (χ4n) is 1.76. The molecule has 0 N–H and O–H groups in total. The maximum Gasteiger partial charge on any atom is 0.161 e. The summed E-state index contributed by atoms with van der Waals surface area (Å²) in [6.45, 7) is 7.04. The highest BCUT2D eigenvalue weighted by molar-refractivity contribution is 6.31. The first kappa shape index (κ1) is 16.8. The van der Waals surface area contributed by atoms with Gasteiger partial charge in [0.15, 0.2) is 17.3 Å². The van der Waals surface area contributed by atoms with Crippen LogP contribution in [0.5, 0.6) is 11.5 Å². The molecular weight excluding hydrogens is 276 g/mol. The lowest BCUT2D eigenvalue weighted by atomic mass is 10.1. The second kappa shape index (κ2) is 8.85. The molecule has 0 radical (unpaired) electrons. The van der Waals surface area contributed by atoms with Crippen LogP contribution in [0.4, 0.5) is 0 Å². The monoisotopic (exact) mass is 298 g/mol. The van der Waals surface area contributed by atoms with Gasteiger partial charge in [-0.1, -0.05) is 26.3 Å². The first-order valence-electron chi connectivity index (χ1n) is 7.20. The molecule has 0 heterocycles. The molecular formula is C16H23ClO3. The van der Waals surface area contributed by atoms with Gasteiger partial charge >= 0.3 is 0 Å². The van der Waals surface area contributed by atoms with Crippen molar-refractivity contribution in [3.05, 3.63) is 23.8 Å². The summed E-state index contributed by atoms with van der Waals surface area (Å²) in [6.07, 6.45) is 2.50. The number of Topliss-reactive ketones (excluding diaryl/α,β-unsaturated/α-hetero) is 1. The van der Waals surface area contributed by atoms with Gasteiger partial charge in [0.2, 0.25) is 0 Å². The van der Waals surface area contributed by atoms with Crippen LogP contribution < -0.4 is 9.47 Å². The quantitative estimate of drug-likeness (QED) is 0.496. The number of alkyl halides is 1. The lowest BCUT2D eigenvalue weighted by Gasteiger charge is -2.15. The van der Waals surface area contributed by atoms with Crippen LogP contribution in [0.3, 0.4) is 0 Å². The van der Waals surface area contributed by atoms with E-state index in [4.69, 9.17) is 21.1 Å². The zero-order valence-corrected chi connectivity index (χ0v) is 13.2. The minimum atomic E-state index is -0.621. The number of ether oxygens (including phenoxy) is 2. The molecule has 112 valence electrons. The SMILES string of the molecule is CCCCOc1ccc(C(Cl)C(=O)CC)cc1OCC. The van der Waals surface area contributed by atoms with Crippen LogP contribution in [-0.2, 0) is 4.79 Å². The van der Waals surface area contributed by atoms with Crippen molar-refractivity contribution < 1.29 is 14.3 Å². The van der Waals surface area contributed by atoms with Crippen molar-refractivity contribution in [2.45, 2.75) is 45.4 Å². The van der Waals surface area contributed by atoms with Crippen molar-refractivity contribution >= 4 is 17.4 Å². The number of unbranched alkanes of at least 4 members (excludes halogenated alkanes) is 1. The van der Waals surface area contributed by atoms with E-state index in [2.05, 4.69) is 6.92 Å². The van der Waals surface area contributed by atoms with E-state index in [1.807, 2.05) is 26.0 Å². The first-order chi connectivity index (χ1) is 9.63. The minimum absolute atomic E-state index is 0.00812. The number of benzene rings is 1. The lowest BCUT2D eigenvalue weighted by molar-refractivity contribution is -0.118. The van der Waals surface area contributed by atoms with E-state index in [-0.39, 0.29) is 5.78 Å². The zero-order valence-electron chi connectivity index (χ0n) is 12.4. The molecule has 0 aliphatic carbocycles. The van der Waals surface area contributed by atoms with Crippen molar-refractivity contribution in [1.29, 1.82) is 0 Å². The Morgan fingerprint density at radius 1 is 1.20 bits per heavy atom. The van der Waals surface area contributed by atoms with E-state index >= 15 is 0 Å². The fraction of sp³-hybridized carbons (Fsp3) is 0.562. The molecule has 0 bridgehead atoms. The highest BCUT2D eigenvalue weighted by Crippen LogP contribution is 2.33. The lowest BCUT2D eigenvalue weighted by Crippen LogP contribution is -2.06. The van der Waals surface area contributed by atoms with Crippen LogP contribution in [0.15, 0.2) is 18.2 Å². The molecule has 0 aromatic heterocycles. The van der Waals surface area contributed by atoms with Crippen LogP contribution in [0.1, 0.15) is 51.0 Å². The van der Waals surface area contributed by atoms with E-state index in [9.17, 15) is 4.79 Å². The molecule has 0 fully saturated rings. The van der Waals surface area contributed by atoms with Gasteiger partial charge in [-0.15, -0.1) is 11.6 Å². The summed E-state index contributed by atoms with van der Waals surface area (Å²) in [4.78, 5) is 11.7. The normalized spacial score (nSPS) is 12.0. The van der Waals surface area contributed by atoms with Gasteiger partial charge in [0.25, 0.3) is 0 Å². The molecule has 1 rings (SSSR count). The molecule has 0 spiro atoms. The third kappa shape index (κ3) is 4.71. The summed E-state index contributed by atoms with van der Waals surface area (Å²) in [5.74, 6) is 1.36. The van der Waals surface area contributed by atoms with Crippen LogP contribution in [-0.4, -0.2) is 19.0 Å². The van der Waals surface area contributed by atoms with Crippen LogP contribution in [0.25, 0.3) is 0 Å². The summed E-state index contributed by atoms with van der Waals surface area (Å²) in [5.41, 5.74) is 0.754. The van der Waals surface area contributed by atoms with Gasteiger partial charge in [-0.05, 0) is 31.0 Å². The predicted octanol–water partition coefficient (Wildman–Crippen LogP) is 4.52. The standard InChI is InChI=1S/C16H23ClO3/c1-4-7-10-20-14-9-8-12(11-15(14)19-6-3)16(17)13(18)5-2/h8-9,11,16H,4-7,10H2,1-3H3. The van der Waals surface area contributed by atoms with E-state index < -0.39 is 5.38 Å². The van der Waals surface area contributed by atoms with Crippen molar-refractivity contribution in [2.75, 3.05) is 13.2 Å². The van der Waals surface area contributed by atoms with Crippen molar-refractivity contribution in [3.8, 4) is 11.5 Å². The van der Waals surface area contributed by atoms with E-state index in [0.717, 1.165) is 18.4 Å². The van der Waals surface area contributed by atoms with Gasteiger partial charge in [-0.2, -0.15) is 0 Å². The Balaban J connectivity index is 2.90. The Labute approximate surface area is 126 Å². The van der Waals surface area contributed by atoms with Crippen LogP contribution >= 0.6 is 11.6 Å². The number of hydrogen-bond acceptors (Lipinski definition) is 3. The number of carbonyl (C=O) groups is 1. The first-order valence-corrected chi connectivity index (χ1v) is 7.63. The zero-order chi connectivity index (χ0) is 15.0. The maximum atomic E-state index is 11.7. The second-order valence-corrected chi connectivity index (χ2v) is 4.96. The predicted molar refractivity (Wildman–Crippen MR) is 81.9 cm³/mol. The topological polar surface area (TPSA) is 35.5 Å². The molecule has 4 heteroatoms. The summed E-state index contributed by atoms with van der Waals surface area (Å²) in [7, 11) is 0. The average Bonchev–Trinajstić information content (AvgIpc) is 2.47. The van der Waals surface area contributed by atoms with Gasteiger partial charge in [0.1, 0.15) is 5.38 Å².